The lowest BCUT2D eigenvalue weighted by Gasteiger charge is -2.08. The number of carbonyl (C=O) groups is 2. The van der Waals surface area contributed by atoms with Gasteiger partial charge in [-0.2, -0.15) is 5.10 Å². The van der Waals surface area contributed by atoms with Gasteiger partial charge in [0.2, 0.25) is 6.41 Å². The van der Waals surface area contributed by atoms with Gasteiger partial charge in [0.1, 0.15) is 6.04 Å². The van der Waals surface area contributed by atoms with Crippen LogP contribution < -0.4 is 5.32 Å². The topological polar surface area (TPSA) is 84.2 Å². The van der Waals surface area contributed by atoms with Crippen LogP contribution in [0.1, 0.15) is 5.69 Å². The third-order valence-corrected chi connectivity index (χ3v) is 2.80. The van der Waals surface area contributed by atoms with Gasteiger partial charge in [-0.1, -0.05) is 18.2 Å². The Morgan fingerprint density at radius 2 is 2.28 bits per heavy atom. The van der Waals surface area contributed by atoms with Crippen LogP contribution in [0.5, 0.6) is 0 Å². The Kier molecular flexibility index (Phi) is 3.27. The highest BCUT2D eigenvalue weighted by Gasteiger charge is 2.20. The second-order valence-corrected chi connectivity index (χ2v) is 3.97. The van der Waals surface area contributed by atoms with E-state index in [0.29, 0.717) is 12.1 Å². The predicted octanol–water partition coefficient (Wildman–Crippen LogP) is 0.315. The van der Waals surface area contributed by atoms with Crippen molar-refractivity contribution < 1.29 is 14.7 Å². The lowest BCUT2D eigenvalue weighted by Crippen LogP contribution is -2.37. The Labute approximate surface area is 103 Å². The van der Waals surface area contributed by atoms with E-state index in [0.717, 1.165) is 10.9 Å². The zero-order chi connectivity index (χ0) is 13.1. The molecule has 18 heavy (non-hydrogen) atoms. The minimum absolute atomic E-state index is 0.162. The van der Waals surface area contributed by atoms with Crippen molar-refractivity contribution in [1.82, 2.24) is 15.1 Å². The molecule has 6 heteroatoms. The molecule has 2 aromatic rings. The van der Waals surface area contributed by atoms with Crippen molar-refractivity contribution in [1.29, 1.82) is 0 Å². The van der Waals surface area contributed by atoms with Crippen LogP contribution in [0.15, 0.2) is 24.3 Å². The van der Waals surface area contributed by atoms with E-state index < -0.39 is 12.0 Å². The standard InChI is InChI=1S/C12H13N3O3/c1-15-11-5-3-2-4-8(11)9(14-15)6-10(12(17)18)13-7-16/h2-5,7,10H,6H2,1H3,(H,13,16)(H,17,18). The van der Waals surface area contributed by atoms with Gasteiger partial charge in [0.05, 0.1) is 11.2 Å². The summed E-state index contributed by atoms with van der Waals surface area (Å²) in [4.78, 5) is 21.4. The molecule has 1 atom stereocenters. The molecule has 2 rings (SSSR count). The van der Waals surface area contributed by atoms with E-state index in [9.17, 15) is 9.59 Å². The second kappa shape index (κ2) is 4.87. The number of amides is 1. The molecule has 1 amide bonds. The molecule has 94 valence electrons. The van der Waals surface area contributed by atoms with Crippen molar-refractivity contribution in [3.8, 4) is 0 Å². The monoisotopic (exact) mass is 247 g/mol. The molecule has 1 unspecified atom stereocenters. The number of hydrogen-bond acceptors (Lipinski definition) is 3. The van der Waals surface area contributed by atoms with Gasteiger partial charge in [-0.3, -0.25) is 9.48 Å². The lowest BCUT2D eigenvalue weighted by molar-refractivity contribution is -0.140. The van der Waals surface area contributed by atoms with Crippen molar-refractivity contribution in [2.24, 2.45) is 7.05 Å². The molecule has 0 bridgehead atoms. The maximum absolute atomic E-state index is 11.0. The van der Waals surface area contributed by atoms with Gasteiger partial charge in [0.15, 0.2) is 0 Å². The molecule has 1 aromatic carbocycles. The fourth-order valence-electron chi connectivity index (χ4n) is 1.93. The number of rotatable bonds is 5. The van der Waals surface area contributed by atoms with Crippen molar-refractivity contribution in [2.75, 3.05) is 0 Å². The molecule has 0 spiro atoms. The first-order chi connectivity index (χ1) is 8.63. The number of carboxylic acid groups (broad SMARTS) is 1. The summed E-state index contributed by atoms with van der Waals surface area (Å²) in [6.45, 7) is 0. The molecule has 1 aromatic heterocycles. The summed E-state index contributed by atoms with van der Waals surface area (Å²) in [7, 11) is 1.80. The smallest absolute Gasteiger partial charge is 0.326 e. The first kappa shape index (κ1) is 12.1. The Balaban J connectivity index is 2.36. The minimum atomic E-state index is -1.07. The highest BCUT2D eigenvalue weighted by Crippen LogP contribution is 2.18. The van der Waals surface area contributed by atoms with Crippen LogP contribution in [0.25, 0.3) is 10.9 Å². The van der Waals surface area contributed by atoms with Gasteiger partial charge in [0.25, 0.3) is 0 Å². The average molecular weight is 247 g/mol. The average Bonchev–Trinajstić information content (AvgIpc) is 2.66. The largest absolute Gasteiger partial charge is 0.480 e. The van der Waals surface area contributed by atoms with Crippen LogP contribution in [0, 0.1) is 0 Å². The summed E-state index contributed by atoms with van der Waals surface area (Å²) in [5.74, 6) is -1.07. The van der Waals surface area contributed by atoms with Crippen LogP contribution in [-0.2, 0) is 23.1 Å². The third kappa shape index (κ3) is 2.17. The molecule has 0 aliphatic rings. The van der Waals surface area contributed by atoms with Crippen LogP contribution in [0.4, 0.5) is 0 Å². The summed E-state index contributed by atoms with van der Waals surface area (Å²) in [5.41, 5.74) is 1.59. The Bertz CT molecular complexity index is 591. The molecule has 6 nitrogen and oxygen atoms in total. The molecule has 0 aliphatic heterocycles. The number of carboxylic acids is 1. The highest BCUT2D eigenvalue weighted by molar-refractivity contribution is 5.83. The number of nitrogens with one attached hydrogen (secondary N) is 1. The first-order valence-electron chi connectivity index (χ1n) is 5.46. The van der Waals surface area contributed by atoms with Gasteiger partial charge in [-0.15, -0.1) is 0 Å². The number of nitrogens with zero attached hydrogens (tertiary/aromatic N) is 2. The van der Waals surface area contributed by atoms with E-state index in [-0.39, 0.29) is 6.42 Å². The Morgan fingerprint density at radius 1 is 1.56 bits per heavy atom. The summed E-state index contributed by atoms with van der Waals surface area (Å²) < 4.78 is 1.70. The van der Waals surface area contributed by atoms with Crippen LogP contribution >= 0.6 is 0 Å². The molecule has 0 saturated heterocycles. The Hall–Kier alpha value is -2.37. The molecule has 1 heterocycles. The van der Waals surface area contributed by atoms with Gasteiger partial charge in [-0.05, 0) is 6.07 Å². The number of aryl methyl sites for hydroxylation is 1. The van der Waals surface area contributed by atoms with Crippen LogP contribution in [0.2, 0.25) is 0 Å². The quantitative estimate of drug-likeness (QED) is 0.745. The maximum Gasteiger partial charge on any atom is 0.326 e. The highest BCUT2D eigenvalue weighted by atomic mass is 16.4. The Morgan fingerprint density at radius 3 is 2.94 bits per heavy atom. The van der Waals surface area contributed by atoms with Gasteiger partial charge < -0.3 is 10.4 Å². The molecule has 0 aliphatic carbocycles. The number of carbonyl (C=O) groups excluding carboxylic acids is 1. The van der Waals surface area contributed by atoms with E-state index >= 15 is 0 Å². The van der Waals surface area contributed by atoms with E-state index in [1.54, 1.807) is 11.7 Å². The predicted molar refractivity (Wildman–Crippen MR) is 65.0 cm³/mol. The number of aliphatic carboxylic acids is 1. The fraction of sp³-hybridized carbons (Fsp3) is 0.250. The normalized spacial score (nSPS) is 12.3. The molecule has 0 saturated carbocycles. The number of hydrogen-bond donors (Lipinski definition) is 2. The van der Waals surface area contributed by atoms with E-state index in [2.05, 4.69) is 10.4 Å². The van der Waals surface area contributed by atoms with Gasteiger partial charge >= 0.3 is 5.97 Å². The molecular formula is C12H13N3O3. The minimum Gasteiger partial charge on any atom is -0.480 e. The summed E-state index contributed by atoms with van der Waals surface area (Å²) in [6, 6.07) is 6.61. The molecular weight excluding hydrogens is 234 g/mol. The zero-order valence-electron chi connectivity index (χ0n) is 9.83. The summed E-state index contributed by atoms with van der Waals surface area (Å²) >= 11 is 0. The van der Waals surface area contributed by atoms with Crippen LogP contribution in [-0.4, -0.2) is 33.3 Å². The van der Waals surface area contributed by atoms with Crippen LogP contribution in [0.3, 0.4) is 0 Å². The second-order valence-electron chi connectivity index (χ2n) is 3.97. The molecule has 2 N–H and O–H groups in total. The lowest BCUT2D eigenvalue weighted by atomic mass is 10.1. The molecule has 0 fully saturated rings. The summed E-state index contributed by atoms with van der Waals surface area (Å²) in [6.07, 6.45) is 0.555. The molecule has 0 radical (unpaired) electrons. The van der Waals surface area contributed by atoms with E-state index in [1.807, 2.05) is 24.3 Å². The number of para-hydroxylation sites is 1. The van der Waals surface area contributed by atoms with Crippen molar-refractivity contribution in [3.05, 3.63) is 30.0 Å². The van der Waals surface area contributed by atoms with Crippen molar-refractivity contribution in [3.63, 3.8) is 0 Å². The van der Waals surface area contributed by atoms with E-state index in [4.69, 9.17) is 5.11 Å². The van der Waals surface area contributed by atoms with Crippen molar-refractivity contribution >= 4 is 23.3 Å². The van der Waals surface area contributed by atoms with Crippen molar-refractivity contribution in [2.45, 2.75) is 12.5 Å². The maximum atomic E-state index is 11.0. The summed E-state index contributed by atoms with van der Waals surface area (Å²) in [5, 5.41) is 16.5. The zero-order valence-corrected chi connectivity index (χ0v) is 9.83. The third-order valence-electron chi connectivity index (χ3n) is 2.80. The SMILES string of the molecule is Cn1nc(CC(NC=O)C(=O)O)c2ccccc21. The fourth-order valence-corrected chi connectivity index (χ4v) is 1.93. The number of fused-ring (bicyclic) bond motifs is 1. The number of aromatic nitrogens is 2. The number of benzene rings is 1. The first-order valence-corrected chi connectivity index (χ1v) is 5.46. The van der Waals surface area contributed by atoms with Gasteiger partial charge in [0, 0.05) is 18.9 Å². The van der Waals surface area contributed by atoms with Gasteiger partial charge in [-0.25, -0.2) is 4.79 Å². The van der Waals surface area contributed by atoms with E-state index in [1.165, 1.54) is 0 Å².